The summed E-state index contributed by atoms with van der Waals surface area (Å²) in [5.74, 6) is 0.0625. The van der Waals surface area contributed by atoms with Crippen LogP contribution in [0.25, 0.3) is 0 Å². The molecule has 0 aliphatic carbocycles. The molecule has 2 rings (SSSR count). The zero-order valence-electron chi connectivity index (χ0n) is 13.2. The number of esters is 1. The molecule has 1 aromatic rings. The summed E-state index contributed by atoms with van der Waals surface area (Å²) >= 11 is 0. The van der Waals surface area contributed by atoms with E-state index in [0.29, 0.717) is 26.2 Å². The van der Waals surface area contributed by atoms with Crippen LogP contribution in [-0.2, 0) is 20.9 Å². The van der Waals surface area contributed by atoms with Crippen molar-refractivity contribution in [2.75, 3.05) is 13.2 Å². The maximum Gasteiger partial charge on any atom is 0.323 e. The number of carbonyl (C=O) groups excluding carboxylic acids is 1. The summed E-state index contributed by atoms with van der Waals surface area (Å²) in [6.45, 7) is 5.14. The van der Waals surface area contributed by atoms with Crippen LogP contribution in [0.2, 0.25) is 0 Å². The molecule has 1 aromatic carbocycles. The van der Waals surface area contributed by atoms with Crippen molar-refractivity contribution < 1.29 is 14.3 Å². The minimum absolute atomic E-state index is 0.207. The molecule has 22 heavy (non-hydrogen) atoms. The van der Waals surface area contributed by atoms with E-state index < -0.39 is 0 Å². The lowest BCUT2D eigenvalue weighted by Gasteiger charge is -2.36. The van der Waals surface area contributed by atoms with Crippen LogP contribution in [-0.4, -0.2) is 31.1 Å². The van der Waals surface area contributed by atoms with Crippen molar-refractivity contribution >= 4 is 11.9 Å². The summed E-state index contributed by atoms with van der Waals surface area (Å²) in [4.78, 5) is 11.7. The molecule has 0 radical (unpaired) electrons. The molecule has 1 aliphatic rings. The lowest BCUT2D eigenvalue weighted by Crippen LogP contribution is -2.51. The molecule has 2 atom stereocenters. The van der Waals surface area contributed by atoms with Crippen molar-refractivity contribution in [1.29, 1.82) is 5.41 Å². The Morgan fingerprint density at radius 3 is 2.68 bits per heavy atom. The molecule has 0 bridgehead atoms. The fourth-order valence-corrected chi connectivity index (χ4v) is 2.54. The standard InChI is InChI=1S/C17H24N2O3/c1-3-21-15(20)14-9-10-17(2,12-19-14)16(18)22-11-13-7-5-4-6-8-13/h4-8,14,18-19H,3,9-12H2,1-2H3/t14-,17-/m1/s1. The molecular weight excluding hydrogens is 280 g/mol. The number of carbonyl (C=O) groups is 1. The van der Waals surface area contributed by atoms with E-state index in [2.05, 4.69) is 5.32 Å². The van der Waals surface area contributed by atoms with Crippen molar-refractivity contribution in [2.24, 2.45) is 5.41 Å². The van der Waals surface area contributed by atoms with E-state index in [4.69, 9.17) is 14.9 Å². The van der Waals surface area contributed by atoms with E-state index in [0.717, 1.165) is 12.0 Å². The Morgan fingerprint density at radius 1 is 1.36 bits per heavy atom. The summed E-state index contributed by atoms with van der Waals surface area (Å²) < 4.78 is 10.7. The van der Waals surface area contributed by atoms with Crippen LogP contribution >= 0.6 is 0 Å². The highest BCUT2D eigenvalue weighted by Crippen LogP contribution is 2.30. The van der Waals surface area contributed by atoms with Gasteiger partial charge in [0.2, 0.25) is 0 Å². The van der Waals surface area contributed by atoms with E-state index in [1.54, 1.807) is 6.92 Å². The molecular formula is C17H24N2O3. The third-order valence-electron chi connectivity index (χ3n) is 4.07. The van der Waals surface area contributed by atoms with Crippen LogP contribution in [0.5, 0.6) is 0 Å². The summed E-state index contributed by atoms with van der Waals surface area (Å²) in [6, 6.07) is 9.55. The molecule has 1 heterocycles. The lowest BCUT2D eigenvalue weighted by atomic mass is 9.80. The Labute approximate surface area is 131 Å². The number of nitrogens with one attached hydrogen (secondary N) is 2. The zero-order chi connectivity index (χ0) is 16.0. The monoisotopic (exact) mass is 304 g/mol. The molecule has 0 saturated carbocycles. The van der Waals surface area contributed by atoms with Crippen LogP contribution in [0.4, 0.5) is 0 Å². The molecule has 0 aromatic heterocycles. The van der Waals surface area contributed by atoms with E-state index in [1.165, 1.54) is 0 Å². The Kier molecular flexibility index (Phi) is 5.55. The second-order valence-corrected chi connectivity index (χ2v) is 5.89. The smallest absolute Gasteiger partial charge is 0.323 e. The molecule has 1 aliphatic heterocycles. The van der Waals surface area contributed by atoms with Crippen LogP contribution < -0.4 is 5.32 Å². The van der Waals surface area contributed by atoms with Gasteiger partial charge in [-0.15, -0.1) is 0 Å². The topological polar surface area (TPSA) is 71.4 Å². The Balaban J connectivity index is 1.84. The number of piperidine rings is 1. The first-order valence-corrected chi connectivity index (χ1v) is 7.71. The second kappa shape index (κ2) is 7.40. The van der Waals surface area contributed by atoms with Crippen LogP contribution in [0.3, 0.4) is 0 Å². The van der Waals surface area contributed by atoms with Gasteiger partial charge in [0, 0.05) is 6.54 Å². The summed E-state index contributed by atoms with van der Waals surface area (Å²) in [6.07, 6.45) is 1.39. The molecule has 2 N–H and O–H groups in total. The number of rotatable bonds is 5. The lowest BCUT2D eigenvalue weighted by molar-refractivity contribution is -0.146. The fourth-order valence-electron chi connectivity index (χ4n) is 2.54. The van der Waals surface area contributed by atoms with Crippen molar-refractivity contribution in [1.82, 2.24) is 5.32 Å². The number of hydrogen-bond donors (Lipinski definition) is 2. The third-order valence-corrected chi connectivity index (χ3v) is 4.07. The normalized spacial score (nSPS) is 24.5. The van der Waals surface area contributed by atoms with Gasteiger partial charge in [0.1, 0.15) is 12.6 Å². The van der Waals surface area contributed by atoms with Crippen LogP contribution in [0, 0.1) is 10.8 Å². The SMILES string of the molecule is CCOC(=O)[C@H]1CC[C@@](C)(C(=N)OCc2ccccc2)CN1. The van der Waals surface area contributed by atoms with E-state index in [-0.39, 0.29) is 23.3 Å². The first kappa shape index (κ1) is 16.5. The molecule has 120 valence electrons. The Hall–Kier alpha value is -1.88. The minimum atomic E-state index is -0.377. The van der Waals surface area contributed by atoms with Gasteiger partial charge in [-0.1, -0.05) is 30.3 Å². The maximum atomic E-state index is 11.7. The molecule has 1 fully saturated rings. The first-order valence-electron chi connectivity index (χ1n) is 7.71. The molecule has 0 amide bonds. The average Bonchev–Trinajstić information content (AvgIpc) is 2.54. The Morgan fingerprint density at radius 2 is 2.09 bits per heavy atom. The number of benzene rings is 1. The predicted octanol–water partition coefficient (Wildman–Crippen LogP) is 2.50. The highest BCUT2D eigenvalue weighted by molar-refractivity contribution is 5.81. The maximum absolute atomic E-state index is 11.7. The quantitative estimate of drug-likeness (QED) is 0.498. The van der Waals surface area contributed by atoms with Crippen LogP contribution in [0.15, 0.2) is 30.3 Å². The van der Waals surface area contributed by atoms with Gasteiger partial charge in [-0.05, 0) is 32.3 Å². The largest absolute Gasteiger partial charge is 0.476 e. The van der Waals surface area contributed by atoms with Gasteiger partial charge >= 0.3 is 5.97 Å². The predicted molar refractivity (Wildman–Crippen MR) is 84.7 cm³/mol. The number of ether oxygens (including phenoxy) is 2. The summed E-state index contributed by atoms with van der Waals surface area (Å²) in [5, 5.41) is 11.4. The summed E-state index contributed by atoms with van der Waals surface area (Å²) in [7, 11) is 0. The first-order chi connectivity index (χ1) is 10.5. The molecule has 5 heteroatoms. The third kappa shape index (κ3) is 4.07. The second-order valence-electron chi connectivity index (χ2n) is 5.89. The van der Waals surface area contributed by atoms with Crippen LogP contribution in [0.1, 0.15) is 32.3 Å². The van der Waals surface area contributed by atoms with Crippen molar-refractivity contribution in [3.05, 3.63) is 35.9 Å². The minimum Gasteiger partial charge on any atom is -0.476 e. The van der Waals surface area contributed by atoms with Crippen molar-refractivity contribution in [2.45, 2.75) is 39.3 Å². The average molecular weight is 304 g/mol. The molecule has 0 unspecified atom stereocenters. The highest BCUT2D eigenvalue weighted by atomic mass is 16.5. The van der Waals surface area contributed by atoms with Gasteiger partial charge in [0.25, 0.3) is 0 Å². The van der Waals surface area contributed by atoms with Gasteiger partial charge in [0.05, 0.1) is 12.0 Å². The van der Waals surface area contributed by atoms with Crippen molar-refractivity contribution in [3.8, 4) is 0 Å². The summed E-state index contributed by atoms with van der Waals surface area (Å²) in [5.41, 5.74) is 0.668. The van der Waals surface area contributed by atoms with E-state index in [1.807, 2.05) is 37.3 Å². The van der Waals surface area contributed by atoms with Gasteiger partial charge in [0.15, 0.2) is 5.90 Å². The highest BCUT2D eigenvalue weighted by Gasteiger charge is 2.38. The fraction of sp³-hybridized carbons (Fsp3) is 0.529. The zero-order valence-corrected chi connectivity index (χ0v) is 13.2. The Bertz CT molecular complexity index is 508. The molecule has 1 saturated heterocycles. The van der Waals surface area contributed by atoms with Gasteiger partial charge in [-0.3, -0.25) is 10.2 Å². The number of hydrogen-bond acceptors (Lipinski definition) is 5. The van der Waals surface area contributed by atoms with Gasteiger partial charge in [-0.25, -0.2) is 0 Å². The van der Waals surface area contributed by atoms with E-state index >= 15 is 0 Å². The van der Waals surface area contributed by atoms with E-state index in [9.17, 15) is 4.79 Å². The van der Waals surface area contributed by atoms with Gasteiger partial charge in [-0.2, -0.15) is 0 Å². The van der Waals surface area contributed by atoms with Gasteiger partial charge < -0.3 is 14.8 Å². The molecule has 5 nitrogen and oxygen atoms in total. The molecule has 0 spiro atoms. The van der Waals surface area contributed by atoms with Crippen molar-refractivity contribution in [3.63, 3.8) is 0 Å².